The molecular weight excluding hydrogens is 350 g/mol. The SMILES string of the molecule is Cc1ccc(C2=N/C(=C/c3ccc(-c4ccc(Cl)cc4)o3)C(=O)O2)cc1. The van der Waals surface area contributed by atoms with E-state index in [0.29, 0.717) is 22.4 Å². The van der Waals surface area contributed by atoms with E-state index < -0.39 is 5.97 Å². The Bertz CT molecular complexity index is 1030. The summed E-state index contributed by atoms with van der Waals surface area (Å²) in [6, 6.07) is 18.6. The second-order valence-electron chi connectivity index (χ2n) is 5.91. The molecule has 0 bridgehead atoms. The molecule has 1 aromatic heterocycles. The lowest BCUT2D eigenvalue weighted by molar-refractivity contribution is -0.129. The van der Waals surface area contributed by atoms with E-state index in [1.165, 1.54) is 0 Å². The summed E-state index contributed by atoms with van der Waals surface area (Å²) in [6.45, 7) is 1.99. The Kier molecular flexibility index (Phi) is 4.19. The third kappa shape index (κ3) is 3.32. The first-order valence-electron chi connectivity index (χ1n) is 8.04. The van der Waals surface area contributed by atoms with Crippen LogP contribution in [-0.4, -0.2) is 11.9 Å². The molecule has 26 heavy (non-hydrogen) atoms. The van der Waals surface area contributed by atoms with Crippen LogP contribution in [0.2, 0.25) is 5.02 Å². The summed E-state index contributed by atoms with van der Waals surface area (Å²) in [6.07, 6.45) is 1.57. The van der Waals surface area contributed by atoms with Crippen molar-refractivity contribution in [3.63, 3.8) is 0 Å². The van der Waals surface area contributed by atoms with Crippen LogP contribution in [0.3, 0.4) is 0 Å². The number of aryl methyl sites for hydroxylation is 1. The first-order valence-corrected chi connectivity index (χ1v) is 8.42. The molecule has 0 unspecified atom stereocenters. The van der Waals surface area contributed by atoms with Crippen LogP contribution in [-0.2, 0) is 9.53 Å². The van der Waals surface area contributed by atoms with Crippen LogP contribution in [0.25, 0.3) is 17.4 Å². The van der Waals surface area contributed by atoms with E-state index >= 15 is 0 Å². The molecule has 128 valence electrons. The average Bonchev–Trinajstić information content (AvgIpc) is 3.24. The Balaban J connectivity index is 1.61. The molecule has 0 saturated heterocycles. The second-order valence-corrected chi connectivity index (χ2v) is 6.35. The number of nitrogens with zero attached hydrogens (tertiary/aromatic N) is 1. The fourth-order valence-corrected chi connectivity index (χ4v) is 2.69. The van der Waals surface area contributed by atoms with Crippen LogP contribution in [0.4, 0.5) is 0 Å². The molecule has 2 aromatic carbocycles. The summed E-state index contributed by atoms with van der Waals surface area (Å²) in [4.78, 5) is 16.4. The molecule has 1 aliphatic heterocycles. The lowest BCUT2D eigenvalue weighted by Gasteiger charge is -1.99. The van der Waals surface area contributed by atoms with Gasteiger partial charge in [0.15, 0.2) is 5.70 Å². The number of cyclic esters (lactones) is 1. The largest absolute Gasteiger partial charge is 0.457 e. The molecular formula is C21H14ClNO3. The topological polar surface area (TPSA) is 51.8 Å². The molecule has 0 atom stereocenters. The van der Waals surface area contributed by atoms with Gasteiger partial charge in [-0.15, -0.1) is 0 Å². The quantitative estimate of drug-likeness (QED) is 0.471. The van der Waals surface area contributed by atoms with E-state index in [2.05, 4.69) is 4.99 Å². The standard InChI is InChI=1S/C21H14ClNO3/c1-13-2-4-15(5-3-13)20-23-18(21(24)26-20)12-17-10-11-19(25-17)14-6-8-16(22)9-7-14/h2-12H,1H3/b18-12+. The Labute approximate surface area is 155 Å². The number of rotatable bonds is 3. The van der Waals surface area contributed by atoms with Crippen molar-refractivity contribution in [3.8, 4) is 11.3 Å². The molecule has 0 aliphatic carbocycles. The van der Waals surface area contributed by atoms with Crippen molar-refractivity contribution < 1.29 is 13.9 Å². The number of furan rings is 1. The van der Waals surface area contributed by atoms with Gasteiger partial charge < -0.3 is 9.15 Å². The molecule has 4 rings (SSSR count). The third-order valence-electron chi connectivity index (χ3n) is 3.95. The van der Waals surface area contributed by atoms with Crippen LogP contribution in [0.5, 0.6) is 0 Å². The van der Waals surface area contributed by atoms with Gasteiger partial charge in [-0.1, -0.05) is 29.3 Å². The molecule has 0 amide bonds. The van der Waals surface area contributed by atoms with Crippen LogP contribution in [0.15, 0.2) is 75.8 Å². The summed E-state index contributed by atoms with van der Waals surface area (Å²) in [5.74, 6) is 1.01. The Morgan fingerprint density at radius 1 is 0.923 bits per heavy atom. The van der Waals surface area contributed by atoms with Gasteiger partial charge in [-0.3, -0.25) is 0 Å². The van der Waals surface area contributed by atoms with E-state index in [1.54, 1.807) is 24.3 Å². The molecule has 0 spiro atoms. The maximum absolute atomic E-state index is 12.1. The van der Waals surface area contributed by atoms with Gasteiger partial charge in [0.25, 0.3) is 0 Å². The molecule has 0 fully saturated rings. The lowest BCUT2D eigenvalue weighted by atomic mass is 10.1. The fraction of sp³-hybridized carbons (Fsp3) is 0.0476. The van der Waals surface area contributed by atoms with Crippen molar-refractivity contribution in [2.45, 2.75) is 6.92 Å². The van der Waals surface area contributed by atoms with Crippen molar-refractivity contribution in [3.05, 3.63) is 88.3 Å². The lowest BCUT2D eigenvalue weighted by Crippen LogP contribution is -2.05. The van der Waals surface area contributed by atoms with E-state index in [1.807, 2.05) is 49.4 Å². The second kappa shape index (κ2) is 6.65. The first kappa shape index (κ1) is 16.4. The third-order valence-corrected chi connectivity index (χ3v) is 4.21. The highest BCUT2D eigenvalue weighted by Crippen LogP contribution is 2.26. The summed E-state index contributed by atoms with van der Waals surface area (Å²) in [7, 11) is 0. The van der Waals surface area contributed by atoms with E-state index in [0.717, 1.165) is 16.7 Å². The highest BCUT2D eigenvalue weighted by atomic mass is 35.5. The molecule has 4 nitrogen and oxygen atoms in total. The fourth-order valence-electron chi connectivity index (χ4n) is 2.56. The number of carbonyl (C=O) groups excluding carboxylic acids is 1. The minimum Gasteiger partial charge on any atom is -0.457 e. The van der Waals surface area contributed by atoms with E-state index in [9.17, 15) is 4.79 Å². The van der Waals surface area contributed by atoms with Crippen LogP contribution in [0, 0.1) is 6.92 Å². The number of hydrogen-bond acceptors (Lipinski definition) is 4. The summed E-state index contributed by atoms with van der Waals surface area (Å²) >= 11 is 5.90. The Morgan fingerprint density at radius 2 is 1.62 bits per heavy atom. The molecule has 0 N–H and O–H groups in total. The number of ether oxygens (including phenoxy) is 1. The Hall–Kier alpha value is -3.11. The van der Waals surface area contributed by atoms with Gasteiger partial charge in [-0.2, -0.15) is 0 Å². The Morgan fingerprint density at radius 3 is 2.35 bits per heavy atom. The summed E-state index contributed by atoms with van der Waals surface area (Å²) < 4.78 is 11.0. The molecule has 3 aromatic rings. The van der Waals surface area contributed by atoms with Gasteiger partial charge in [0, 0.05) is 22.2 Å². The molecule has 0 saturated carbocycles. The van der Waals surface area contributed by atoms with E-state index in [4.69, 9.17) is 20.8 Å². The van der Waals surface area contributed by atoms with E-state index in [-0.39, 0.29) is 5.70 Å². The number of hydrogen-bond donors (Lipinski definition) is 0. The predicted octanol–water partition coefficient (Wildman–Crippen LogP) is 5.25. The zero-order chi connectivity index (χ0) is 18.1. The van der Waals surface area contributed by atoms with Gasteiger partial charge in [-0.25, -0.2) is 9.79 Å². The van der Waals surface area contributed by atoms with Gasteiger partial charge in [0.2, 0.25) is 5.90 Å². The number of halogens is 1. The van der Waals surface area contributed by atoms with Crippen LogP contribution < -0.4 is 0 Å². The smallest absolute Gasteiger partial charge is 0.363 e. The highest BCUT2D eigenvalue weighted by molar-refractivity contribution is 6.30. The van der Waals surface area contributed by atoms with Gasteiger partial charge in [0.1, 0.15) is 11.5 Å². The number of benzene rings is 2. The maximum atomic E-state index is 12.1. The van der Waals surface area contributed by atoms with Gasteiger partial charge >= 0.3 is 5.97 Å². The molecule has 0 radical (unpaired) electrons. The minimum absolute atomic E-state index is 0.206. The van der Waals surface area contributed by atoms with Crippen molar-refractivity contribution in [1.29, 1.82) is 0 Å². The number of aliphatic imine (C=N–C) groups is 1. The highest BCUT2D eigenvalue weighted by Gasteiger charge is 2.24. The zero-order valence-electron chi connectivity index (χ0n) is 13.9. The first-order chi connectivity index (χ1) is 12.6. The molecule has 1 aliphatic rings. The predicted molar refractivity (Wildman–Crippen MR) is 101 cm³/mol. The monoisotopic (exact) mass is 363 g/mol. The zero-order valence-corrected chi connectivity index (χ0v) is 14.7. The molecule has 5 heteroatoms. The normalized spacial score (nSPS) is 15.2. The van der Waals surface area contributed by atoms with Crippen molar-refractivity contribution >= 4 is 29.5 Å². The van der Waals surface area contributed by atoms with Crippen molar-refractivity contribution in [1.82, 2.24) is 0 Å². The van der Waals surface area contributed by atoms with Crippen LogP contribution in [0.1, 0.15) is 16.9 Å². The minimum atomic E-state index is -0.495. The van der Waals surface area contributed by atoms with Gasteiger partial charge in [0.05, 0.1) is 0 Å². The number of esters is 1. The number of carbonyl (C=O) groups is 1. The van der Waals surface area contributed by atoms with Gasteiger partial charge in [-0.05, 0) is 55.5 Å². The molecule has 2 heterocycles. The average molecular weight is 364 g/mol. The summed E-state index contributed by atoms with van der Waals surface area (Å²) in [5.41, 5.74) is 2.99. The van der Waals surface area contributed by atoms with Crippen molar-refractivity contribution in [2.24, 2.45) is 4.99 Å². The van der Waals surface area contributed by atoms with Crippen molar-refractivity contribution in [2.75, 3.05) is 0 Å². The maximum Gasteiger partial charge on any atom is 0.363 e. The summed E-state index contributed by atoms with van der Waals surface area (Å²) in [5, 5.41) is 0.661. The van der Waals surface area contributed by atoms with Crippen LogP contribution >= 0.6 is 11.6 Å².